The number of carbonyl (C=O) groups is 1. The molecule has 98 valence electrons. The Morgan fingerprint density at radius 3 is 2.47 bits per heavy atom. The molecule has 0 saturated carbocycles. The van der Waals surface area contributed by atoms with Crippen LogP contribution in [0, 0.1) is 12.7 Å². The summed E-state index contributed by atoms with van der Waals surface area (Å²) in [4.78, 5) is 12.4. The van der Waals surface area contributed by atoms with Gasteiger partial charge in [-0.3, -0.25) is 4.79 Å². The monoisotopic (exact) mass is 257 g/mol. The minimum Gasteiger partial charge on any atom is -0.329 e. The van der Waals surface area contributed by atoms with E-state index < -0.39 is 5.92 Å². The molecule has 0 spiro atoms. The predicted octanol–water partition coefficient (Wildman–Crippen LogP) is 3.06. The van der Waals surface area contributed by atoms with Crippen LogP contribution in [0.15, 0.2) is 48.5 Å². The van der Waals surface area contributed by atoms with Crippen LogP contribution in [0.4, 0.5) is 4.39 Å². The molecule has 0 aliphatic carbocycles. The van der Waals surface area contributed by atoms with E-state index in [2.05, 4.69) is 0 Å². The van der Waals surface area contributed by atoms with Crippen molar-refractivity contribution in [3.63, 3.8) is 0 Å². The first-order valence-corrected chi connectivity index (χ1v) is 6.19. The lowest BCUT2D eigenvalue weighted by molar-refractivity contribution is 0.0962. The number of ketones is 1. The smallest absolute Gasteiger partial charge is 0.171 e. The molecule has 0 radical (unpaired) electrons. The lowest BCUT2D eigenvalue weighted by atomic mass is 9.90. The van der Waals surface area contributed by atoms with Gasteiger partial charge in [-0.15, -0.1) is 0 Å². The lowest BCUT2D eigenvalue weighted by Crippen LogP contribution is -2.22. The number of benzene rings is 2. The molecule has 19 heavy (non-hydrogen) atoms. The molecule has 0 aliphatic rings. The summed E-state index contributed by atoms with van der Waals surface area (Å²) in [5.74, 6) is -0.939. The van der Waals surface area contributed by atoms with E-state index >= 15 is 0 Å². The zero-order valence-corrected chi connectivity index (χ0v) is 10.8. The summed E-state index contributed by atoms with van der Waals surface area (Å²) < 4.78 is 13.5. The highest BCUT2D eigenvalue weighted by atomic mass is 19.1. The fourth-order valence-electron chi connectivity index (χ4n) is 2.03. The Bertz CT molecular complexity index is 581. The zero-order valence-electron chi connectivity index (χ0n) is 10.8. The van der Waals surface area contributed by atoms with Gasteiger partial charge in [-0.2, -0.15) is 0 Å². The first-order valence-electron chi connectivity index (χ1n) is 6.19. The topological polar surface area (TPSA) is 43.1 Å². The van der Waals surface area contributed by atoms with E-state index in [1.807, 2.05) is 30.3 Å². The number of nitrogens with two attached hydrogens (primary N) is 1. The molecular formula is C16H16FNO. The Morgan fingerprint density at radius 1 is 1.21 bits per heavy atom. The normalized spacial score (nSPS) is 12.2. The summed E-state index contributed by atoms with van der Waals surface area (Å²) in [5, 5.41) is 0. The number of hydrogen-bond donors (Lipinski definition) is 1. The van der Waals surface area contributed by atoms with Gasteiger partial charge in [0, 0.05) is 12.1 Å². The van der Waals surface area contributed by atoms with E-state index in [0.717, 1.165) is 5.56 Å². The van der Waals surface area contributed by atoms with Gasteiger partial charge in [-0.05, 0) is 24.1 Å². The van der Waals surface area contributed by atoms with Crippen LogP contribution in [0.3, 0.4) is 0 Å². The molecule has 1 unspecified atom stereocenters. The predicted molar refractivity (Wildman–Crippen MR) is 73.7 cm³/mol. The van der Waals surface area contributed by atoms with E-state index in [9.17, 15) is 9.18 Å². The number of aryl methyl sites for hydroxylation is 1. The molecule has 0 amide bonds. The van der Waals surface area contributed by atoms with E-state index in [-0.39, 0.29) is 18.1 Å². The molecule has 0 aromatic heterocycles. The molecule has 1 atom stereocenters. The molecular weight excluding hydrogens is 241 g/mol. The minimum atomic E-state index is -0.427. The van der Waals surface area contributed by atoms with Crippen LogP contribution in [0.1, 0.15) is 27.4 Å². The quantitative estimate of drug-likeness (QED) is 0.855. The van der Waals surface area contributed by atoms with Crippen molar-refractivity contribution >= 4 is 5.78 Å². The molecule has 0 saturated heterocycles. The van der Waals surface area contributed by atoms with Gasteiger partial charge in [-0.1, -0.05) is 42.5 Å². The number of carbonyl (C=O) groups excluding carboxylic acids is 1. The van der Waals surface area contributed by atoms with Crippen molar-refractivity contribution in [3.05, 3.63) is 71.0 Å². The third kappa shape index (κ3) is 2.88. The molecule has 3 heteroatoms. The number of Topliss-reactive ketones (excluding diaryl/α,β-unsaturated/α-hetero) is 1. The Labute approximate surface area is 112 Å². The van der Waals surface area contributed by atoms with Gasteiger partial charge in [0.1, 0.15) is 5.82 Å². The van der Waals surface area contributed by atoms with Crippen molar-refractivity contribution in [2.45, 2.75) is 12.8 Å². The van der Waals surface area contributed by atoms with Gasteiger partial charge in [0.15, 0.2) is 5.78 Å². The highest BCUT2D eigenvalue weighted by Crippen LogP contribution is 2.21. The standard InChI is InChI=1S/C16H16FNO/c1-11-7-8-13(9-15(11)17)16(19)14(10-18)12-5-3-2-4-6-12/h2-9,14H,10,18H2,1H3. The van der Waals surface area contributed by atoms with Crippen molar-refractivity contribution in [3.8, 4) is 0 Å². The second kappa shape index (κ2) is 5.76. The van der Waals surface area contributed by atoms with Gasteiger partial charge in [-0.25, -0.2) is 4.39 Å². The summed E-state index contributed by atoms with van der Waals surface area (Å²) in [7, 11) is 0. The van der Waals surface area contributed by atoms with Crippen LogP contribution in [-0.2, 0) is 0 Å². The largest absolute Gasteiger partial charge is 0.329 e. The van der Waals surface area contributed by atoms with Crippen molar-refractivity contribution in [2.24, 2.45) is 5.73 Å². The Hall–Kier alpha value is -2.00. The molecule has 2 N–H and O–H groups in total. The third-order valence-electron chi connectivity index (χ3n) is 3.21. The maximum atomic E-state index is 13.5. The number of hydrogen-bond acceptors (Lipinski definition) is 2. The van der Waals surface area contributed by atoms with E-state index in [0.29, 0.717) is 11.1 Å². The molecule has 0 bridgehead atoms. The van der Waals surface area contributed by atoms with Gasteiger partial charge in [0.05, 0.1) is 5.92 Å². The van der Waals surface area contributed by atoms with Crippen LogP contribution >= 0.6 is 0 Å². The van der Waals surface area contributed by atoms with Gasteiger partial charge in [0.25, 0.3) is 0 Å². The van der Waals surface area contributed by atoms with Crippen LogP contribution in [0.2, 0.25) is 0 Å². The highest BCUT2D eigenvalue weighted by Gasteiger charge is 2.20. The van der Waals surface area contributed by atoms with Gasteiger partial charge in [0.2, 0.25) is 0 Å². The van der Waals surface area contributed by atoms with E-state index in [1.54, 1.807) is 19.1 Å². The third-order valence-corrected chi connectivity index (χ3v) is 3.21. The van der Waals surface area contributed by atoms with Crippen LogP contribution < -0.4 is 5.73 Å². The molecule has 0 heterocycles. The summed E-state index contributed by atoms with van der Waals surface area (Å²) in [6.07, 6.45) is 0. The summed E-state index contributed by atoms with van der Waals surface area (Å²) in [5.41, 5.74) is 7.45. The van der Waals surface area contributed by atoms with Crippen molar-refractivity contribution in [1.29, 1.82) is 0 Å². The molecule has 2 aromatic rings. The molecule has 2 nitrogen and oxygen atoms in total. The van der Waals surface area contributed by atoms with Crippen molar-refractivity contribution < 1.29 is 9.18 Å². The van der Waals surface area contributed by atoms with E-state index in [4.69, 9.17) is 5.73 Å². The lowest BCUT2D eigenvalue weighted by Gasteiger charge is -2.14. The Balaban J connectivity index is 2.33. The highest BCUT2D eigenvalue weighted by molar-refractivity contribution is 6.01. The molecule has 2 rings (SSSR count). The number of halogens is 1. The fourth-order valence-corrected chi connectivity index (χ4v) is 2.03. The second-order valence-corrected chi connectivity index (χ2v) is 4.53. The molecule has 0 fully saturated rings. The average Bonchev–Trinajstić information content (AvgIpc) is 2.44. The maximum absolute atomic E-state index is 13.5. The van der Waals surface area contributed by atoms with Gasteiger partial charge < -0.3 is 5.73 Å². The molecule has 2 aromatic carbocycles. The first-order chi connectivity index (χ1) is 9.13. The van der Waals surface area contributed by atoms with Crippen molar-refractivity contribution in [1.82, 2.24) is 0 Å². The van der Waals surface area contributed by atoms with Gasteiger partial charge >= 0.3 is 0 Å². The SMILES string of the molecule is Cc1ccc(C(=O)C(CN)c2ccccc2)cc1F. The van der Waals surface area contributed by atoms with Crippen LogP contribution in [0.5, 0.6) is 0 Å². The first kappa shape index (κ1) is 13.4. The van der Waals surface area contributed by atoms with E-state index in [1.165, 1.54) is 6.07 Å². The summed E-state index contributed by atoms with van der Waals surface area (Å²) >= 11 is 0. The number of rotatable bonds is 4. The van der Waals surface area contributed by atoms with Crippen LogP contribution in [-0.4, -0.2) is 12.3 Å². The summed E-state index contributed by atoms with van der Waals surface area (Å²) in [6, 6.07) is 13.9. The van der Waals surface area contributed by atoms with Crippen molar-refractivity contribution in [2.75, 3.05) is 6.54 Å². The Morgan fingerprint density at radius 2 is 1.89 bits per heavy atom. The minimum absolute atomic E-state index is 0.146. The molecule has 0 aliphatic heterocycles. The Kier molecular flexibility index (Phi) is 4.07. The fraction of sp³-hybridized carbons (Fsp3) is 0.188. The maximum Gasteiger partial charge on any atom is 0.171 e. The second-order valence-electron chi connectivity index (χ2n) is 4.53. The zero-order chi connectivity index (χ0) is 13.8. The average molecular weight is 257 g/mol. The van der Waals surface area contributed by atoms with Crippen LogP contribution in [0.25, 0.3) is 0 Å². The summed E-state index contributed by atoms with van der Waals surface area (Å²) in [6.45, 7) is 1.87.